The Kier molecular flexibility index (Phi) is 5.74. The fourth-order valence-corrected chi connectivity index (χ4v) is 2.63. The summed E-state index contributed by atoms with van der Waals surface area (Å²) in [5.74, 6) is -0.168. The molecule has 136 valence electrons. The molecule has 2 aromatic rings. The van der Waals surface area contributed by atoms with Gasteiger partial charge in [0.2, 0.25) is 0 Å². The molecule has 0 saturated heterocycles. The van der Waals surface area contributed by atoms with Crippen LogP contribution in [0.2, 0.25) is 0 Å². The number of aromatic nitrogens is 2. The molecule has 0 atom stereocenters. The second kappa shape index (κ2) is 7.45. The highest BCUT2D eigenvalue weighted by atomic mass is 32.2. The quantitative estimate of drug-likeness (QED) is 0.732. The van der Waals surface area contributed by atoms with Crippen LogP contribution in [0, 0.1) is 18.7 Å². The lowest BCUT2D eigenvalue weighted by molar-refractivity contribution is 0.307. The largest absolute Gasteiger partial charge is 0.272 e. The lowest BCUT2D eigenvalue weighted by atomic mass is 10.1. The number of hydrogen-bond donors (Lipinski definition) is 0. The molecular weight excluding hydrogens is 347 g/mol. The summed E-state index contributed by atoms with van der Waals surface area (Å²) in [4.78, 5) is 12.5. The fourth-order valence-electron chi connectivity index (χ4n) is 2.29. The van der Waals surface area contributed by atoms with E-state index >= 15 is 0 Å². The minimum Gasteiger partial charge on any atom is -0.267 e. The maximum absolute atomic E-state index is 13.5. The third-order valence-electron chi connectivity index (χ3n) is 3.47. The van der Waals surface area contributed by atoms with Crippen LogP contribution in [-0.2, 0) is 27.5 Å². The summed E-state index contributed by atoms with van der Waals surface area (Å²) in [5, 5.41) is 4.34. The predicted octanol–water partition coefficient (Wildman–Crippen LogP) is 2.49. The van der Waals surface area contributed by atoms with Crippen LogP contribution in [0.25, 0.3) is 11.3 Å². The van der Waals surface area contributed by atoms with E-state index in [1.165, 1.54) is 16.8 Å². The van der Waals surface area contributed by atoms with Crippen molar-refractivity contribution in [3.8, 4) is 11.3 Å². The van der Waals surface area contributed by atoms with Crippen LogP contribution in [-0.4, -0.2) is 24.5 Å². The van der Waals surface area contributed by atoms with Crippen molar-refractivity contribution in [1.82, 2.24) is 9.78 Å². The van der Waals surface area contributed by atoms with Crippen LogP contribution in [0.15, 0.2) is 29.1 Å². The first-order chi connectivity index (χ1) is 11.6. The van der Waals surface area contributed by atoms with Crippen LogP contribution < -0.4 is 5.56 Å². The van der Waals surface area contributed by atoms with Gasteiger partial charge in [0.25, 0.3) is 15.7 Å². The monoisotopic (exact) mass is 368 g/mol. The van der Waals surface area contributed by atoms with E-state index in [0.717, 1.165) is 6.26 Å². The number of nitrogens with zero attached hydrogens (tertiary/aromatic N) is 2. The molecule has 0 aliphatic rings. The summed E-state index contributed by atoms with van der Waals surface area (Å²) < 4.78 is 42.0. The Balaban J connectivity index is 2.55. The minimum atomic E-state index is -3.68. The molecule has 6 nitrogen and oxygen atoms in total. The summed E-state index contributed by atoms with van der Waals surface area (Å²) in [6, 6.07) is 6.01. The molecule has 1 aromatic carbocycles. The molecule has 8 heteroatoms. The standard InChI is InChI=1S/C17H21FN2O4S/c1-11(2)9-20-17(21)14(10-24-25(4,22)23)8-16(19-20)13-5-6-15(18)12(3)7-13/h5-8,11H,9-10H2,1-4H3. The summed E-state index contributed by atoms with van der Waals surface area (Å²) >= 11 is 0. The molecule has 0 N–H and O–H groups in total. The number of hydrogen-bond acceptors (Lipinski definition) is 5. The summed E-state index contributed by atoms with van der Waals surface area (Å²) in [6.45, 7) is 5.52. The van der Waals surface area contributed by atoms with Gasteiger partial charge in [-0.15, -0.1) is 0 Å². The topological polar surface area (TPSA) is 78.3 Å². The minimum absolute atomic E-state index is 0.166. The lowest BCUT2D eigenvalue weighted by Gasteiger charge is -2.13. The van der Waals surface area contributed by atoms with E-state index in [-0.39, 0.29) is 23.9 Å². The highest BCUT2D eigenvalue weighted by Crippen LogP contribution is 2.20. The van der Waals surface area contributed by atoms with E-state index in [1.807, 2.05) is 13.8 Å². The van der Waals surface area contributed by atoms with Crippen molar-refractivity contribution in [3.63, 3.8) is 0 Å². The lowest BCUT2D eigenvalue weighted by Crippen LogP contribution is -2.29. The summed E-state index contributed by atoms with van der Waals surface area (Å²) in [5.41, 5.74) is 1.32. The van der Waals surface area contributed by atoms with Gasteiger partial charge in [0.1, 0.15) is 5.82 Å². The fraction of sp³-hybridized carbons (Fsp3) is 0.412. The van der Waals surface area contributed by atoms with Gasteiger partial charge in [0.15, 0.2) is 0 Å². The smallest absolute Gasteiger partial charge is 0.267 e. The third kappa shape index (κ3) is 5.20. The summed E-state index contributed by atoms with van der Waals surface area (Å²) in [6.07, 6.45) is 0.922. The average molecular weight is 368 g/mol. The van der Waals surface area contributed by atoms with Gasteiger partial charge >= 0.3 is 0 Å². The second-order valence-electron chi connectivity index (χ2n) is 6.37. The maximum Gasteiger partial charge on any atom is 0.272 e. The number of rotatable bonds is 6. The van der Waals surface area contributed by atoms with Gasteiger partial charge in [0, 0.05) is 17.7 Å². The molecule has 25 heavy (non-hydrogen) atoms. The van der Waals surface area contributed by atoms with Gasteiger partial charge in [-0.1, -0.05) is 13.8 Å². The second-order valence-corrected chi connectivity index (χ2v) is 8.01. The van der Waals surface area contributed by atoms with Gasteiger partial charge in [-0.3, -0.25) is 8.98 Å². The Morgan fingerprint density at radius 3 is 2.52 bits per heavy atom. The molecule has 0 amide bonds. The predicted molar refractivity (Wildman–Crippen MR) is 93.1 cm³/mol. The molecule has 0 bridgehead atoms. The Morgan fingerprint density at radius 2 is 1.96 bits per heavy atom. The SMILES string of the molecule is Cc1cc(-c2cc(COS(C)(=O)=O)c(=O)n(CC(C)C)n2)ccc1F. The van der Waals surface area contributed by atoms with E-state index in [4.69, 9.17) is 4.18 Å². The highest BCUT2D eigenvalue weighted by Gasteiger charge is 2.14. The first-order valence-corrected chi connectivity index (χ1v) is 9.60. The van der Waals surface area contributed by atoms with Gasteiger partial charge in [-0.2, -0.15) is 13.5 Å². The van der Waals surface area contributed by atoms with Gasteiger partial charge in [-0.25, -0.2) is 9.07 Å². The normalized spacial score (nSPS) is 11.9. The van der Waals surface area contributed by atoms with Crippen molar-refractivity contribution >= 4 is 10.1 Å². The zero-order valence-corrected chi connectivity index (χ0v) is 15.4. The van der Waals surface area contributed by atoms with Crippen LogP contribution in [0.4, 0.5) is 4.39 Å². The Labute approximate surface area is 146 Å². The van der Waals surface area contributed by atoms with Crippen molar-refractivity contribution < 1.29 is 17.0 Å². The average Bonchev–Trinajstić information content (AvgIpc) is 2.49. The number of benzene rings is 1. The van der Waals surface area contributed by atoms with Crippen molar-refractivity contribution in [1.29, 1.82) is 0 Å². The van der Waals surface area contributed by atoms with E-state index < -0.39 is 15.7 Å². The Hall–Kier alpha value is -2.06. The zero-order valence-electron chi connectivity index (χ0n) is 14.6. The molecule has 1 aromatic heterocycles. The van der Waals surface area contributed by atoms with Crippen LogP contribution in [0.5, 0.6) is 0 Å². The molecule has 2 rings (SSSR count). The van der Waals surface area contributed by atoms with Crippen LogP contribution in [0.1, 0.15) is 25.0 Å². The molecule has 0 fully saturated rings. The van der Waals surface area contributed by atoms with Gasteiger partial charge in [0.05, 0.1) is 18.6 Å². The molecule has 0 aliphatic carbocycles. The molecule has 0 aliphatic heterocycles. The molecule has 0 spiro atoms. The van der Waals surface area contributed by atoms with E-state index in [2.05, 4.69) is 5.10 Å². The summed E-state index contributed by atoms with van der Waals surface area (Å²) in [7, 11) is -3.68. The van der Waals surface area contributed by atoms with E-state index in [1.54, 1.807) is 19.1 Å². The van der Waals surface area contributed by atoms with Crippen LogP contribution >= 0.6 is 0 Å². The van der Waals surface area contributed by atoms with Crippen molar-refractivity contribution in [2.24, 2.45) is 5.92 Å². The molecule has 0 saturated carbocycles. The highest BCUT2D eigenvalue weighted by molar-refractivity contribution is 7.85. The zero-order chi connectivity index (χ0) is 18.8. The maximum atomic E-state index is 13.5. The molecular formula is C17H21FN2O4S. The number of aryl methyl sites for hydroxylation is 1. The first-order valence-electron chi connectivity index (χ1n) is 7.79. The molecule has 1 heterocycles. The molecule has 0 unspecified atom stereocenters. The van der Waals surface area contributed by atoms with E-state index in [9.17, 15) is 17.6 Å². The first kappa shape index (κ1) is 19.3. The Bertz CT molecular complexity index is 936. The molecule has 0 radical (unpaired) electrons. The van der Waals surface area contributed by atoms with Crippen molar-refractivity contribution in [2.75, 3.05) is 6.26 Å². The van der Waals surface area contributed by atoms with Crippen molar-refractivity contribution in [3.05, 3.63) is 51.6 Å². The van der Waals surface area contributed by atoms with Crippen molar-refractivity contribution in [2.45, 2.75) is 33.9 Å². The van der Waals surface area contributed by atoms with Crippen LogP contribution in [0.3, 0.4) is 0 Å². The van der Waals surface area contributed by atoms with Gasteiger partial charge in [-0.05, 0) is 42.7 Å². The van der Waals surface area contributed by atoms with Gasteiger partial charge < -0.3 is 0 Å². The Morgan fingerprint density at radius 1 is 1.28 bits per heavy atom. The third-order valence-corrected chi connectivity index (χ3v) is 4.01. The number of halogens is 1. The van der Waals surface area contributed by atoms with E-state index in [0.29, 0.717) is 23.4 Å².